The summed E-state index contributed by atoms with van der Waals surface area (Å²) >= 11 is 0. The highest BCUT2D eigenvalue weighted by Gasteiger charge is 2.19. The van der Waals surface area contributed by atoms with Gasteiger partial charge in [0.2, 0.25) is 0 Å². The van der Waals surface area contributed by atoms with Crippen molar-refractivity contribution in [1.29, 1.82) is 0 Å². The maximum Gasteiger partial charge on any atom is 0.126 e. The Bertz CT molecular complexity index is 368. The van der Waals surface area contributed by atoms with Gasteiger partial charge in [0.15, 0.2) is 0 Å². The summed E-state index contributed by atoms with van der Waals surface area (Å²) in [6.07, 6.45) is 2.90. The lowest BCUT2D eigenvalue weighted by atomic mass is 10.0. The minimum absolute atomic E-state index is 0.156. The zero-order valence-corrected chi connectivity index (χ0v) is 9.85. The van der Waals surface area contributed by atoms with Crippen LogP contribution in [-0.4, -0.2) is 36.0 Å². The Morgan fingerprint density at radius 3 is 3.12 bits per heavy atom. The molecule has 0 radical (unpaired) electrons. The number of aromatic hydroxyl groups is 1. The normalized spacial score (nSPS) is 18.5. The molecule has 0 saturated carbocycles. The number of ether oxygens (including phenoxy) is 1. The fraction of sp³-hybridized carbons (Fsp3) is 0.538. The molecule has 1 heterocycles. The van der Waals surface area contributed by atoms with Crippen molar-refractivity contribution in [2.45, 2.75) is 25.4 Å². The maximum absolute atomic E-state index is 9.40. The zero-order valence-electron chi connectivity index (χ0n) is 9.85. The van der Waals surface area contributed by atoms with Crippen molar-refractivity contribution >= 4 is 0 Å². The lowest BCUT2D eigenvalue weighted by Crippen LogP contribution is -2.34. The van der Waals surface area contributed by atoms with E-state index in [0.29, 0.717) is 0 Å². The number of aliphatic hydroxyl groups excluding tert-OH is 1. The first-order valence-electron chi connectivity index (χ1n) is 6.09. The first kappa shape index (κ1) is 12.2. The van der Waals surface area contributed by atoms with E-state index in [9.17, 15) is 5.11 Å². The van der Waals surface area contributed by atoms with Gasteiger partial charge in [0.05, 0.1) is 0 Å². The molecule has 0 fully saturated rings. The van der Waals surface area contributed by atoms with Crippen LogP contribution in [0.3, 0.4) is 0 Å². The van der Waals surface area contributed by atoms with Crippen LogP contribution in [0.25, 0.3) is 0 Å². The number of phenols is 1. The van der Waals surface area contributed by atoms with Crippen LogP contribution < -0.4 is 10.1 Å². The Morgan fingerprint density at radius 1 is 1.41 bits per heavy atom. The van der Waals surface area contributed by atoms with Gasteiger partial charge in [-0.1, -0.05) is 6.07 Å². The number of fused-ring (bicyclic) bond motifs is 1. The summed E-state index contributed by atoms with van der Waals surface area (Å²) in [6, 6.07) is 5.29. The predicted molar refractivity (Wildman–Crippen MR) is 65.4 cm³/mol. The van der Waals surface area contributed by atoms with Crippen LogP contribution in [0.4, 0.5) is 0 Å². The molecule has 4 nitrogen and oxygen atoms in total. The number of aliphatic hydroxyl groups is 1. The van der Waals surface area contributed by atoms with E-state index in [4.69, 9.17) is 9.84 Å². The molecule has 0 bridgehead atoms. The fourth-order valence-electron chi connectivity index (χ4n) is 2.03. The van der Waals surface area contributed by atoms with Crippen molar-refractivity contribution in [3.8, 4) is 11.5 Å². The second-order valence-corrected chi connectivity index (χ2v) is 4.35. The van der Waals surface area contributed by atoms with Crippen molar-refractivity contribution in [3.05, 3.63) is 23.8 Å². The summed E-state index contributed by atoms with van der Waals surface area (Å²) in [5.41, 5.74) is 1.16. The minimum Gasteiger partial charge on any atom is -0.508 e. The van der Waals surface area contributed by atoms with E-state index >= 15 is 0 Å². The molecule has 2 rings (SSSR count). The number of nitrogens with one attached hydrogen (secondary N) is 1. The average molecular weight is 237 g/mol. The lowest BCUT2D eigenvalue weighted by molar-refractivity contribution is 0.169. The van der Waals surface area contributed by atoms with E-state index in [-0.39, 0.29) is 18.5 Å². The molecule has 1 aliphatic rings. The second kappa shape index (κ2) is 5.89. The van der Waals surface area contributed by atoms with E-state index in [0.717, 1.165) is 43.7 Å². The van der Waals surface area contributed by atoms with E-state index < -0.39 is 0 Å². The third-order valence-electron chi connectivity index (χ3n) is 2.96. The molecule has 3 N–H and O–H groups in total. The molecule has 1 aliphatic heterocycles. The van der Waals surface area contributed by atoms with Crippen molar-refractivity contribution in [2.24, 2.45) is 0 Å². The van der Waals surface area contributed by atoms with Gasteiger partial charge in [-0.15, -0.1) is 0 Å². The number of benzene rings is 1. The van der Waals surface area contributed by atoms with Gasteiger partial charge in [-0.2, -0.15) is 0 Å². The number of rotatable bonds is 5. The van der Waals surface area contributed by atoms with Gasteiger partial charge < -0.3 is 20.3 Å². The molecule has 0 saturated heterocycles. The van der Waals surface area contributed by atoms with Gasteiger partial charge in [0.1, 0.15) is 17.6 Å². The van der Waals surface area contributed by atoms with E-state index in [1.165, 1.54) is 0 Å². The van der Waals surface area contributed by atoms with Crippen LogP contribution in [0.15, 0.2) is 18.2 Å². The summed E-state index contributed by atoms with van der Waals surface area (Å²) in [7, 11) is 0. The van der Waals surface area contributed by atoms with Crippen LogP contribution in [0, 0.1) is 0 Å². The highest BCUT2D eigenvalue weighted by atomic mass is 16.5. The molecule has 17 heavy (non-hydrogen) atoms. The van der Waals surface area contributed by atoms with Gasteiger partial charge in [-0.3, -0.25) is 0 Å². The fourth-order valence-corrected chi connectivity index (χ4v) is 2.03. The molecule has 4 heteroatoms. The quantitative estimate of drug-likeness (QED) is 0.670. The van der Waals surface area contributed by atoms with Gasteiger partial charge in [-0.05, 0) is 37.4 Å². The van der Waals surface area contributed by atoms with E-state index in [1.54, 1.807) is 12.1 Å². The first-order chi connectivity index (χ1) is 8.29. The molecule has 94 valence electrons. The monoisotopic (exact) mass is 237 g/mol. The Balaban J connectivity index is 1.85. The van der Waals surface area contributed by atoms with Gasteiger partial charge in [0.25, 0.3) is 0 Å². The summed E-state index contributed by atoms with van der Waals surface area (Å²) < 4.78 is 5.81. The molecular formula is C13H19NO3. The van der Waals surface area contributed by atoms with Crippen molar-refractivity contribution < 1.29 is 14.9 Å². The van der Waals surface area contributed by atoms with Crippen LogP contribution >= 0.6 is 0 Å². The Hall–Kier alpha value is -1.26. The molecule has 1 atom stereocenters. The minimum atomic E-state index is 0.156. The largest absolute Gasteiger partial charge is 0.508 e. The first-order valence-corrected chi connectivity index (χ1v) is 6.09. The smallest absolute Gasteiger partial charge is 0.126 e. The second-order valence-electron chi connectivity index (χ2n) is 4.35. The van der Waals surface area contributed by atoms with Crippen molar-refractivity contribution in [1.82, 2.24) is 5.32 Å². The van der Waals surface area contributed by atoms with Crippen LogP contribution in [0.1, 0.15) is 18.4 Å². The molecular weight excluding hydrogens is 218 g/mol. The Labute approximate surface area is 101 Å². The summed E-state index contributed by atoms with van der Waals surface area (Å²) in [5, 5.41) is 21.3. The number of phenolic OH excluding ortho intramolecular Hbond substituents is 1. The molecule has 0 amide bonds. The molecule has 0 spiro atoms. The molecule has 1 aromatic carbocycles. The number of aryl methyl sites for hydroxylation is 1. The van der Waals surface area contributed by atoms with Crippen molar-refractivity contribution in [3.63, 3.8) is 0 Å². The lowest BCUT2D eigenvalue weighted by Gasteiger charge is -2.26. The SMILES string of the molecule is OCCCNC[C@H]1CCc2ccc(O)cc2O1. The third-order valence-corrected chi connectivity index (χ3v) is 2.96. The molecule has 0 aromatic heterocycles. The zero-order chi connectivity index (χ0) is 12.1. The standard InChI is InChI=1S/C13H19NO3/c15-7-1-6-14-9-12-5-3-10-2-4-11(16)8-13(10)17-12/h2,4,8,12,14-16H,1,3,5-7,9H2/t12-/m1/s1. The maximum atomic E-state index is 9.40. The summed E-state index contributed by atoms with van der Waals surface area (Å²) in [6.45, 7) is 1.81. The summed E-state index contributed by atoms with van der Waals surface area (Å²) in [5.74, 6) is 1.04. The Kier molecular flexibility index (Phi) is 4.23. The van der Waals surface area contributed by atoms with E-state index in [2.05, 4.69) is 5.32 Å². The van der Waals surface area contributed by atoms with E-state index in [1.807, 2.05) is 6.07 Å². The molecule has 1 aromatic rings. The van der Waals surface area contributed by atoms with Crippen LogP contribution in [-0.2, 0) is 6.42 Å². The topological polar surface area (TPSA) is 61.7 Å². The predicted octanol–water partition coefficient (Wildman–Crippen LogP) is 1.06. The van der Waals surface area contributed by atoms with Crippen LogP contribution in [0.2, 0.25) is 0 Å². The summed E-state index contributed by atoms with van der Waals surface area (Å²) in [4.78, 5) is 0. The molecule has 0 aliphatic carbocycles. The van der Waals surface area contributed by atoms with Crippen LogP contribution in [0.5, 0.6) is 11.5 Å². The number of hydrogen-bond donors (Lipinski definition) is 3. The Morgan fingerprint density at radius 2 is 2.29 bits per heavy atom. The van der Waals surface area contributed by atoms with Gasteiger partial charge >= 0.3 is 0 Å². The van der Waals surface area contributed by atoms with Gasteiger partial charge in [0, 0.05) is 19.2 Å². The third kappa shape index (κ3) is 3.35. The van der Waals surface area contributed by atoms with Gasteiger partial charge in [-0.25, -0.2) is 0 Å². The van der Waals surface area contributed by atoms with Crippen molar-refractivity contribution in [2.75, 3.05) is 19.7 Å². The molecule has 0 unspecified atom stereocenters. The highest BCUT2D eigenvalue weighted by molar-refractivity contribution is 5.41. The highest BCUT2D eigenvalue weighted by Crippen LogP contribution is 2.30. The number of hydrogen-bond acceptors (Lipinski definition) is 4. The average Bonchev–Trinajstić information content (AvgIpc) is 2.34.